The lowest BCUT2D eigenvalue weighted by Crippen LogP contribution is -1.95. The van der Waals surface area contributed by atoms with Gasteiger partial charge >= 0.3 is 5.97 Å². The number of carboxylic acids is 1. The monoisotopic (exact) mass is 163 g/mol. The Morgan fingerprint density at radius 3 is 2.58 bits per heavy atom. The number of pyridine rings is 1. The van der Waals surface area contributed by atoms with Crippen LogP contribution < -0.4 is 0 Å². The highest BCUT2D eigenvalue weighted by Crippen LogP contribution is 2.04. The minimum absolute atomic E-state index is 0.321. The summed E-state index contributed by atoms with van der Waals surface area (Å²) in [5, 5.41) is 8.56. The maximum Gasteiger partial charge on any atom is 0.331 e. The lowest BCUT2D eigenvalue weighted by Gasteiger charge is -1.93. The first-order valence-corrected chi connectivity index (χ1v) is 3.52. The molecule has 12 heavy (non-hydrogen) atoms. The second-order valence-electron chi connectivity index (χ2n) is 2.41. The maximum atomic E-state index is 10.4. The minimum Gasteiger partial charge on any atom is -0.478 e. The zero-order valence-electron chi connectivity index (χ0n) is 6.69. The predicted molar refractivity (Wildman–Crippen MR) is 45.5 cm³/mol. The Kier molecular flexibility index (Phi) is 2.58. The van der Waals surface area contributed by atoms with Gasteiger partial charge in [0.05, 0.1) is 0 Å². The Balaban J connectivity index is 2.89. The van der Waals surface area contributed by atoms with Gasteiger partial charge in [-0.15, -0.1) is 0 Å². The normalized spacial score (nSPS) is 11.2. The van der Waals surface area contributed by atoms with Gasteiger partial charge in [0, 0.05) is 18.0 Å². The van der Waals surface area contributed by atoms with Gasteiger partial charge in [0.25, 0.3) is 0 Å². The lowest BCUT2D eigenvalue weighted by atomic mass is 10.2. The van der Waals surface area contributed by atoms with Gasteiger partial charge in [-0.05, 0) is 30.7 Å². The van der Waals surface area contributed by atoms with Crippen LogP contribution in [0.3, 0.4) is 0 Å². The fraction of sp³-hybridized carbons (Fsp3) is 0.111. The van der Waals surface area contributed by atoms with Crippen LogP contribution in [0.25, 0.3) is 6.08 Å². The molecule has 0 atom stereocenters. The van der Waals surface area contributed by atoms with E-state index >= 15 is 0 Å². The number of carbonyl (C=O) groups is 1. The van der Waals surface area contributed by atoms with Crippen molar-refractivity contribution in [2.45, 2.75) is 6.92 Å². The van der Waals surface area contributed by atoms with E-state index in [0.717, 1.165) is 5.56 Å². The molecule has 0 aromatic carbocycles. The molecule has 0 saturated carbocycles. The average molecular weight is 163 g/mol. The zero-order chi connectivity index (χ0) is 8.97. The molecular formula is C9H9NO2. The molecule has 3 heteroatoms. The SMILES string of the molecule is C/C(=C/c1ccncc1)C(=O)O. The Hall–Kier alpha value is -1.64. The molecule has 0 aliphatic heterocycles. The van der Waals surface area contributed by atoms with E-state index in [1.54, 1.807) is 37.5 Å². The smallest absolute Gasteiger partial charge is 0.331 e. The van der Waals surface area contributed by atoms with Crippen LogP contribution in [0.4, 0.5) is 0 Å². The van der Waals surface area contributed by atoms with E-state index in [0.29, 0.717) is 5.57 Å². The maximum absolute atomic E-state index is 10.4. The standard InChI is InChI=1S/C9H9NO2/c1-7(9(11)12)6-8-2-4-10-5-3-8/h2-6H,1H3,(H,11,12)/b7-6-. The number of aliphatic carboxylic acids is 1. The summed E-state index contributed by atoms with van der Waals surface area (Å²) in [6.45, 7) is 1.56. The van der Waals surface area contributed by atoms with Gasteiger partial charge < -0.3 is 5.11 Å². The van der Waals surface area contributed by atoms with Crippen molar-refractivity contribution in [1.82, 2.24) is 4.98 Å². The second kappa shape index (κ2) is 3.67. The topological polar surface area (TPSA) is 50.2 Å². The Morgan fingerprint density at radius 2 is 2.08 bits per heavy atom. The Labute approximate surface area is 70.4 Å². The first-order chi connectivity index (χ1) is 5.70. The molecule has 3 nitrogen and oxygen atoms in total. The number of aromatic nitrogens is 1. The van der Waals surface area contributed by atoms with Crippen molar-refractivity contribution in [2.24, 2.45) is 0 Å². The van der Waals surface area contributed by atoms with E-state index in [9.17, 15) is 4.79 Å². The van der Waals surface area contributed by atoms with Gasteiger partial charge in [0.15, 0.2) is 0 Å². The van der Waals surface area contributed by atoms with Gasteiger partial charge in [-0.2, -0.15) is 0 Å². The van der Waals surface area contributed by atoms with E-state index < -0.39 is 5.97 Å². The molecule has 0 amide bonds. The molecule has 1 N–H and O–H groups in total. The predicted octanol–water partition coefficient (Wildman–Crippen LogP) is 1.57. The molecule has 0 spiro atoms. The van der Waals surface area contributed by atoms with Gasteiger partial charge in [-0.3, -0.25) is 4.98 Å². The van der Waals surface area contributed by atoms with Gasteiger partial charge in [0.1, 0.15) is 0 Å². The minimum atomic E-state index is -0.896. The summed E-state index contributed by atoms with van der Waals surface area (Å²) in [6, 6.07) is 3.51. The Morgan fingerprint density at radius 1 is 1.50 bits per heavy atom. The van der Waals surface area contributed by atoms with Gasteiger partial charge in [0.2, 0.25) is 0 Å². The highest BCUT2D eigenvalue weighted by atomic mass is 16.4. The number of rotatable bonds is 2. The molecule has 1 aromatic heterocycles. The van der Waals surface area contributed by atoms with E-state index in [4.69, 9.17) is 5.11 Å². The van der Waals surface area contributed by atoms with Crippen molar-refractivity contribution in [2.75, 3.05) is 0 Å². The van der Waals surface area contributed by atoms with Crippen molar-refractivity contribution in [3.05, 3.63) is 35.7 Å². The fourth-order valence-electron chi connectivity index (χ4n) is 0.771. The van der Waals surface area contributed by atoms with Crippen molar-refractivity contribution in [3.8, 4) is 0 Å². The third-order valence-electron chi connectivity index (χ3n) is 1.43. The van der Waals surface area contributed by atoms with Crippen LogP contribution in [-0.4, -0.2) is 16.1 Å². The van der Waals surface area contributed by atoms with Crippen molar-refractivity contribution < 1.29 is 9.90 Å². The lowest BCUT2D eigenvalue weighted by molar-refractivity contribution is -0.132. The van der Waals surface area contributed by atoms with E-state index in [2.05, 4.69) is 4.98 Å². The number of hydrogen-bond donors (Lipinski definition) is 1. The van der Waals surface area contributed by atoms with E-state index in [1.807, 2.05) is 0 Å². The molecule has 1 aromatic rings. The zero-order valence-corrected chi connectivity index (χ0v) is 6.69. The quantitative estimate of drug-likeness (QED) is 0.673. The molecule has 0 radical (unpaired) electrons. The van der Waals surface area contributed by atoms with Crippen LogP contribution in [0.2, 0.25) is 0 Å². The van der Waals surface area contributed by atoms with Crippen LogP contribution in [0.15, 0.2) is 30.1 Å². The summed E-state index contributed by atoms with van der Waals surface area (Å²) in [6.07, 6.45) is 4.85. The van der Waals surface area contributed by atoms with Crippen LogP contribution in [0.5, 0.6) is 0 Å². The Bertz CT molecular complexity index is 304. The third kappa shape index (κ3) is 2.20. The molecule has 0 aliphatic rings. The van der Waals surface area contributed by atoms with Crippen molar-refractivity contribution in [3.63, 3.8) is 0 Å². The summed E-state index contributed by atoms with van der Waals surface area (Å²) in [5.41, 5.74) is 1.17. The summed E-state index contributed by atoms with van der Waals surface area (Å²) >= 11 is 0. The summed E-state index contributed by atoms with van der Waals surface area (Å²) in [7, 11) is 0. The van der Waals surface area contributed by atoms with E-state index in [-0.39, 0.29) is 0 Å². The highest BCUT2D eigenvalue weighted by Gasteiger charge is 1.98. The number of hydrogen-bond acceptors (Lipinski definition) is 2. The van der Waals surface area contributed by atoms with Crippen molar-refractivity contribution in [1.29, 1.82) is 0 Å². The summed E-state index contributed by atoms with van der Waals surface area (Å²) in [4.78, 5) is 14.2. The van der Waals surface area contributed by atoms with Gasteiger partial charge in [-0.25, -0.2) is 4.79 Å². The molecule has 0 saturated heterocycles. The molecule has 1 rings (SSSR count). The van der Waals surface area contributed by atoms with Crippen molar-refractivity contribution >= 4 is 12.0 Å². The first-order valence-electron chi connectivity index (χ1n) is 3.52. The van der Waals surface area contributed by atoms with Crippen LogP contribution in [0.1, 0.15) is 12.5 Å². The number of nitrogens with zero attached hydrogens (tertiary/aromatic N) is 1. The molecule has 0 bridgehead atoms. The molecule has 62 valence electrons. The number of carboxylic acid groups (broad SMARTS) is 1. The molecular weight excluding hydrogens is 154 g/mol. The highest BCUT2D eigenvalue weighted by molar-refractivity contribution is 5.91. The first kappa shape index (κ1) is 8.46. The molecule has 0 fully saturated rings. The van der Waals surface area contributed by atoms with Gasteiger partial charge in [-0.1, -0.05) is 0 Å². The second-order valence-corrected chi connectivity index (χ2v) is 2.41. The van der Waals surface area contributed by atoms with Crippen LogP contribution >= 0.6 is 0 Å². The largest absolute Gasteiger partial charge is 0.478 e. The fourth-order valence-corrected chi connectivity index (χ4v) is 0.771. The summed E-state index contributed by atoms with van der Waals surface area (Å²) < 4.78 is 0. The summed E-state index contributed by atoms with van der Waals surface area (Å²) in [5.74, 6) is -0.896. The molecule has 0 aliphatic carbocycles. The third-order valence-corrected chi connectivity index (χ3v) is 1.43. The van der Waals surface area contributed by atoms with Crippen LogP contribution in [-0.2, 0) is 4.79 Å². The van der Waals surface area contributed by atoms with E-state index in [1.165, 1.54) is 0 Å². The molecule has 1 heterocycles. The van der Waals surface area contributed by atoms with Crippen LogP contribution in [0, 0.1) is 0 Å². The molecule has 0 unspecified atom stereocenters. The average Bonchev–Trinajstić information content (AvgIpc) is 2.06.